The Bertz CT molecular complexity index is 660. The summed E-state index contributed by atoms with van der Waals surface area (Å²) in [6.07, 6.45) is 1.07. The molecule has 0 bridgehead atoms. The summed E-state index contributed by atoms with van der Waals surface area (Å²) in [7, 11) is 3.21. The Morgan fingerprint density at radius 3 is 2.95 bits per heavy atom. The van der Waals surface area contributed by atoms with Crippen LogP contribution < -0.4 is 5.56 Å². The summed E-state index contributed by atoms with van der Waals surface area (Å²) >= 11 is 1.49. The molecule has 102 valence electrons. The van der Waals surface area contributed by atoms with Gasteiger partial charge in [-0.25, -0.2) is 9.78 Å². The van der Waals surface area contributed by atoms with Crippen molar-refractivity contribution < 1.29 is 9.53 Å². The third kappa shape index (κ3) is 2.93. The van der Waals surface area contributed by atoms with Crippen LogP contribution in [0.5, 0.6) is 0 Å². The Balaban J connectivity index is 2.11. The molecule has 0 aliphatic carbocycles. The largest absolute Gasteiger partial charge is 0.448 e. The van der Waals surface area contributed by atoms with Crippen LogP contribution in [0.25, 0.3) is 10.2 Å². The van der Waals surface area contributed by atoms with E-state index in [0.29, 0.717) is 11.9 Å². The fourth-order valence-electron chi connectivity index (χ4n) is 1.60. The predicted octanol–water partition coefficient (Wildman–Crippen LogP) is 1.46. The van der Waals surface area contributed by atoms with Gasteiger partial charge in [0.15, 0.2) is 0 Å². The monoisotopic (exact) mass is 281 g/mol. The molecule has 0 radical (unpaired) electrons. The van der Waals surface area contributed by atoms with Gasteiger partial charge in [-0.15, -0.1) is 11.3 Å². The standard InChI is InChI=1S/C12H15N3O3S/c1-8-6-9-10(19-8)13-7-15(11(9)16)4-5-18-12(17)14(2)3/h6-7H,4-5H2,1-3H3. The average Bonchev–Trinajstić information content (AvgIpc) is 2.73. The highest BCUT2D eigenvalue weighted by atomic mass is 32.1. The fraction of sp³-hybridized carbons (Fsp3) is 0.417. The fourth-order valence-corrected chi connectivity index (χ4v) is 2.44. The van der Waals surface area contributed by atoms with Gasteiger partial charge in [0.1, 0.15) is 11.4 Å². The molecule has 0 aliphatic heterocycles. The highest BCUT2D eigenvalue weighted by Crippen LogP contribution is 2.19. The maximum Gasteiger partial charge on any atom is 0.409 e. The van der Waals surface area contributed by atoms with Crippen LogP contribution in [0.1, 0.15) is 4.88 Å². The number of thiophene rings is 1. The number of fused-ring (bicyclic) bond motifs is 1. The second kappa shape index (κ2) is 5.40. The lowest BCUT2D eigenvalue weighted by molar-refractivity contribution is 0.114. The minimum Gasteiger partial charge on any atom is -0.448 e. The maximum absolute atomic E-state index is 12.1. The molecule has 19 heavy (non-hydrogen) atoms. The van der Waals surface area contributed by atoms with Crippen molar-refractivity contribution in [3.05, 3.63) is 27.6 Å². The molecule has 2 heterocycles. The quantitative estimate of drug-likeness (QED) is 0.854. The van der Waals surface area contributed by atoms with Crippen molar-refractivity contribution in [1.82, 2.24) is 14.5 Å². The Kier molecular flexibility index (Phi) is 3.84. The van der Waals surface area contributed by atoms with E-state index in [4.69, 9.17) is 4.74 Å². The smallest absolute Gasteiger partial charge is 0.409 e. The van der Waals surface area contributed by atoms with Gasteiger partial charge in [0.25, 0.3) is 5.56 Å². The molecule has 2 aromatic heterocycles. The van der Waals surface area contributed by atoms with Gasteiger partial charge >= 0.3 is 6.09 Å². The highest BCUT2D eigenvalue weighted by Gasteiger charge is 2.08. The minimum atomic E-state index is -0.423. The topological polar surface area (TPSA) is 64.4 Å². The third-order valence-electron chi connectivity index (χ3n) is 2.56. The number of ether oxygens (including phenoxy) is 1. The van der Waals surface area contributed by atoms with Crippen molar-refractivity contribution in [2.75, 3.05) is 20.7 Å². The van der Waals surface area contributed by atoms with Gasteiger partial charge in [0, 0.05) is 19.0 Å². The zero-order valence-corrected chi connectivity index (χ0v) is 11.9. The van der Waals surface area contributed by atoms with E-state index < -0.39 is 6.09 Å². The lowest BCUT2D eigenvalue weighted by Gasteiger charge is -2.11. The van der Waals surface area contributed by atoms with Gasteiger partial charge in [-0.1, -0.05) is 0 Å². The van der Waals surface area contributed by atoms with E-state index in [1.165, 1.54) is 27.1 Å². The Morgan fingerprint density at radius 1 is 1.53 bits per heavy atom. The van der Waals surface area contributed by atoms with E-state index in [1.54, 1.807) is 14.1 Å². The van der Waals surface area contributed by atoms with Gasteiger partial charge in [-0.05, 0) is 13.0 Å². The molecule has 0 spiro atoms. The third-order valence-corrected chi connectivity index (χ3v) is 3.52. The van der Waals surface area contributed by atoms with Crippen molar-refractivity contribution in [2.45, 2.75) is 13.5 Å². The van der Waals surface area contributed by atoms with Crippen LogP contribution in [0.2, 0.25) is 0 Å². The molecule has 0 atom stereocenters. The summed E-state index contributed by atoms with van der Waals surface area (Å²) in [5.41, 5.74) is -0.102. The average molecular weight is 281 g/mol. The molecule has 7 heteroatoms. The van der Waals surface area contributed by atoms with Crippen molar-refractivity contribution in [2.24, 2.45) is 0 Å². The van der Waals surface area contributed by atoms with Crippen molar-refractivity contribution >= 4 is 27.6 Å². The van der Waals surface area contributed by atoms with Crippen LogP contribution in [-0.2, 0) is 11.3 Å². The number of nitrogens with zero attached hydrogens (tertiary/aromatic N) is 3. The number of rotatable bonds is 3. The van der Waals surface area contributed by atoms with Crippen molar-refractivity contribution in [1.29, 1.82) is 0 Å². The summed E-state index contributed by atoms with van der Waals surface area (Å²) in [6, 6.07) is 1.83. The number of hydrogen-bond donors (Lipinski definition) is 0. The number of aromatic nitrogens is 2. The minimum absolute atomic E-state index is 0.102. The van der Waals surface area contributed by atoms with Gasteiger partial charge in [-0.2, -0.15) is 0 Å². The number of aryl methyl sites for hydroxylation is 1. The summed E-state index contributed by atoms with van der Waals surface area (Å²) in [6.45, 7) is 2.39. The Hall–Kier alpha value is -1.89. The van der Waals surface area contributed by atoms with Crippen molar-refractivity contribution in [3.8, 4) is 0 Å². The van der Waals surface area contributed by atoms with E-state index in [-0.39, 0.29) is 12.2 Å². The van der Waals surface area contributed by atoms with Crippen LogP contribution in [-0.4, -0.2) is 41.2 Å². The Labute approximate surface area is 114 Å². The molecule has 0 aromatic carbocycles. The van der Waals surface area contributed by atoms with E-state index in [9.17, 15) is 9.59 Å². The molecule has 0 aliphatic rings. The number of carbonyl (C=O) groups is 1. The number of hydrogen-bond acceptors (Lipinski definition) is 5. The van der Waals surface area contributed by atoms with Gasteiger partial charge in [0.05, 0.1) is 18.3 Å². The summed E-state index contributed by atoms with van der Waals surface area (Å²) < 4.78 is 6.44. The molecule has 6 nitrogen and oxygen atoms in total. The second-order valence-corrected chi connectivity index (χ2v) is 5.56. The van der Waals surface area contributed by atoms with Crippen LogP contribution in [0.3, 0.4) is 0 Å². The van der Waals surface area contributed by atoms with Crippen LogP contribution >= 0.6 is 11.3 Å². The summed E-state index contributed by atoms with van der Waals surface area (Å²) in [4.78, 5) is 30.7. The normalized spacial score (nSPS) is 10.7. The van der Waals surface area contributed by atoms with Crippen molar-refractivity contribution in [3.63, 3.8) is 0 Å². The lowest BCUT2D eigenvalue weighted by atomic mass is 10.4. The molecule has 0 saturated carbocycles. The first kappa shape index (κ1) is 13.5. The second-order valence-electron chi connectivity index (χ2n) is 4.33. The highest BCUT2D eigenvalue weighted by molar-refractivity contribution is 7.18. The summed E-state index contributed by atoms with van der Waals surface area (Å²) in [5.74, 6) is 0. The van der Waals surface area contributed by atoms with E-state index in [1.807, 2.05) is 13.0 Å². The first-order valence-electron chi connectivity index (χ1n) is 5.78. The SMILES string of the molecule is Cc1cc2c(=O)n(CCOC(=O)N(C)C)cnc2s1. The van der Waals surface area contributed by atoms with E-state index >= 15 is 0 Å². The van der Waals surface area contributed by atoms with Gasteiger partial charge in [-0.3, -0.25) is 9.36 Å². The van der Waals surface area contributed by atoms with E-state index in [0.717, 1.165) is 9.71 Å². The lowest BCUT2D eigenvalue weighted by Crippen LogP contribution is -2.27. The zero-order chi connectivity index (χ0) is 14.0. The molecule has 0 N–H and O–H groups in total. The number of amides is 1. The first-order valence-corrected chi connectivity index (χ1v) is 6.60. The zero-order valence-electron chi connectivity index (χ0n) is 11.0. The van der Waals surface area contributed by atoms with Crippen LogP contribution in [0.4, 0.5) is 4.79 Å². The molecule has 1 amide bonds. The number of carbonyl (C=O) groups excluding carboxylic acids is 1. The van der Waals surface area contributed by atoms with Crippen LogP contribution in [0, 0.1) is 6.92 Å². The predicted molar refractivity (Wildman–Crippen MR) is 73.7 cm³/mol. The van der Waals surface area contributed by atoms with Gasteiger partial charge < -0.3 is 9.64 Å². The van der Waals surface area contributed by atoms with Gasteiger partial charge in [0.2, 0.25) is 0 Å². The molecule has 2 rings (SSSR count). The maximum atomic E-state index is 12.1. The summed E-state index contributed by atoms with van der Waals surface area (Å²) in [5, 5.41) is 0.615. The van der Waals surface area contributed by atoms with E-state index in [2.05, 4.69) is 4.98 Å². The molecule has 0 unspecified atom stereocenters. The molecule has 0 fully saturated rings. The molecular weight excluding hydrogens is 266 g/mol. The Morgan fingerprint density at radius 2 is 2.26 bits per heavy atom. The molecular formula is C12H15N3O3S. The van der Waals surface area contributed by atoms with Crippen LogP contribution in [0.15, 0.2) is 17.2 Å². The molecule has 0 saturated heterocycles. The first-order chi connectivity index (χ1) is 8.99. The molecule has 2 aromatic rings.